The van der Waals surface area contributed by atoms with E-state index in [-0.39, 0.29) is 23.5 Å². The topological polar surface area (TPSA) is 79.8 Å². The van der Waals surface area contributed by atoms with Crippen LogP contribution in [0, 0.1) is 11.7 Å². The van der Waals surface area contributed by atoms with Crippen LogP contribution in [0.15, 0.2) is 41.4 Å². The molecule has 0 aliphatic carbocycles. The standard InChI is InChI=1S/C22H26FN3O4S/c1-15(11-16-7-9-30-10-8-16)25-14-26(21-6-3-17(23)13-24-21)20-12-18(31(2,28)29)4-5-19(20)22(25)27/h3-6,12-13,15-16H,7-11,14H2,1-2H3. The Labute approximate surface area is 181 Å². The van der Waals surface area contributed by atoms with Crippen LogP contribution >= 0.6 is 0 Å². The second-order valence-corrected chi connectivity index (χ2v) is 10.3. The molecular weight excluding hydrogens is 421 g/mol. The Kier molecular flexibility index (Phi) is 5.98. The van der Waals surface area contributed by atoms with Crippen LogP contribution in [0.5, 0.6) is 0 Å². The highest BCUT2D eigenvalue weighted by atomic mass is 32.2. The zero-order valence-electron chi connectivity index (χ0n) is 17.6. The highest BCUT2D eigenvalue weighted by Crippen LogP contribution is 2.36. The molecule has 1 unspecified atom stereocenters. The molecule has 0 N–H and O–H groups in total. The van der Waals surface area contributed by atoms with Crippen LogP contribution < -0.4 is 4.90 Å². The zero-order valence-corrected chi connectivity index (χ0v) is 18.4. The number of ether oxygens (including phenoxy) is 1. The molecule has 0 saturated carbocycles. The lowest BCUT2D eigenvalue weighted by Gasteiger charge is -2.41. The summed E-state index contributed by atoms with van der Waals surface area (Å²) >= 11 is 0. The first-order chi connectivity index (χ1) is 14.7. The molecule has 1 aromatic carbocycles. The van der Waals surface area contributed by atoms with Crippen molar-refractivity contribution in [2.45, 2.75) is 37.1 Å². The van der Waals surface area contributed by atoms with E-state index in [1.807, 2.05) is 6.92 Å². The minimum atomic E-state index is -3.46. The largest absolute Gasteiger partial charge is 0.381 e. The molecule has 1 saturated heterocycles. The molecule has 166 valence electrons. The number of halogens is 1. The van der Waals surface area contributed by atoms with Gasteiger partial charge in [-0.15, -0.1) is 0 Å². The lowest BCUT2D eigenvalue weighted by molar-refractivity contribution is 0.0469. The van der Waals surface area contributed by atoms with Gasteiger partial charge in [-0.3, -0.25) is 4.79 Å². The molecule has 7 nitrogen and oxygen atoms in total. The fourth-order valence-electron chi connectivity index (χ4n) is 4.25. The van der Waals surface area contributed by atoms with Crippen LogP contribution in [0.3, 0.4) is 0 Å². The Morgan fingerprint density at radius 3 is 2.61 bits per heavy atom. The van der Waals surface area contributed by atoms with E-state index in [1.54, 1.807) is 15.9 Å². The Balaban J connectivity index is 1.71. The Bertz CT molecular complexity index is 1070. The summed E-state index contributed by atoms with van der Waals surface area (Å²) in [6, 6.07) is 7.31. The predicted octanol–water partition coefficient (Wildman–Crippen LogP) is 3.38. The number of hydrogen-bond donors (Lipinski definition) is 0. The summed E-state index contributed by atoms with van der Waals surface area (Å²) in [7, 11) is -3.46. The Morgan fingerprint density at radius 1 is 1.23 bits per heavy atom. The van der Waals surface area contributed by atoms with E-state index >= 15 is 0 Å². The maximum Gasteiger partial charge on any atom is 0.257 e. The van der Waals surface area contributed by atoms with Crippen molar-refractivity contribution in [2.75, 3.05) is 31.0 Å². The van der Waals surface area contributed by atoms with Gasteiger partial charge in [0, 0.05) is 25.5 Å². The van der Waals surface area contributed by atoms with E-state index in [0.29, 0.717) is 23.0 Å². The molecule has 3 heterocycles. The number of hydrogen-bond acceptors (Lipinski definition) is 6. The van der Waals surface area contributed by atoms with Crippen LogP contribution in [0.2, 0.25) is 0 Å². The van der Waals surface area contributed by atoms with E-state index in [2.05, 4.69) is 4.98 Å². The maximum absolute atomic E-state index is 13.5. The van der Waals surface area contributed by atoms with E-state index in [1.165, 1.54) is 24.3 Å². The molecule has 9 heteroatoms. The number of amides is 1. The molecule has 1 atom stereocenters. The Hall–Kier alpha value is -2.52. The number of anilines is 2. The molecule has 2 aliphatic heterocycles. The van der Waals surface area contributed by atoms with Crippen LogP contribution in [0.1, 0.15) is 36.5 Å². The van der Waals surface area contributed by atoms with Crippen molar-refractivity contribution in [3.8, 4) is 0 Å². The highest BCUT2D eigenvalue weighted by Gasteiger charge is 2.35. The van der Waals surface area contributed by atoms with Gasteiger partial charge in [0.2, 0.25) is 0 Å². The van der Waals surface area contributed by atoms with Crippen molar-refractivity contribution in [1.82, 2.24) is 9.88 Å². The van der Waals surface area contributed by atoms with Crippen LogP contribution in [-0.4, -0.2) is 56.4 Å². The predicted molar refractivity (Wildman–Crippen MR) is 115 cm³/mol. The number of carbonyl (C=O) groups is 1. The van der Waals surface area contributed by atoms with E-state index in [0.717, 1.165) is 44.9 Å². The lowest BCUT2D eigenvalue weighted by atomic mass is 9.92. The van der Waals surface area contributed by atoms with Crippen molar-refractivity contribution >= 4 is 27.2 Å². The second kappa shape index (κ2) is 8.55. The average molecular weight is 448 g/mol. The molecule has 0 bridgehead atoms. The van der Waals surface area contributed by atoms with Gasteiger partial charge in [-0.25, -0.2) is 17.8 Å². The summed E-state index contributed by atoms with van der Waals surface area (Å²) in [6.45, 7) is 3.73. The summed E-state index contributed by atoms with van der Waals surface area (Å²) in [5.74, 6) is 0.326. The Morgan fingerprint density at radius 2 is 1.97 bits per heavy atom. The number of nitrogens with zero attached hydrogens (tertiary/aromatic N) is 3. The third-order valence-electron chi connectivity index (χ3n) is 6.01. The zero-order chi connectivity index (χ0) is 22.2. The monoisotopic (exact) mass is 447 g/mol. The van der Waals surface area contributed by atoms with Crippen molar-refractivity contribution in [3.05, 3.63) is 47.9 Å². The van der Waals surface area contributed by atoms with Crippen LogP contribution in [-0.2, 0) is 14.6 Å². The molecule has 4 rings (SSSR count). The molecule has 2 aromatic rings. The molecule has 2 aliphatic rings. The van der Waals surface area contributed by atoms with Gasteiger partial charge in [0.1, 0.15) is 11.6 Å². The van der Waals surface area contributed by atoms with Crippen molar-refractivity contribution in [1.29, 1.82) is 0 Å². The fourth-order valence-corrected chi connectivity index (χ4v) is 4.89. The minimum absolute atomic E-state index is 0.0266. The minimum Gasteiger partial charge on any atom is -0.381 e. The summed E-state index contributed by atoms with van der Waals surface area (Å²) in [5.41, 5.74) is 0.866. The van der Waals surface area contributed by atoms with Gasteiger partial charge in [0.15, 0.2) is 9.84 Å². The van der Waals surface area contributed by atoms with Crippen LogP contribution in [0.4, 0.5) is 15.9 Å². The molecule has 31 heavy (non-hydrogen) atoms. The highest BCUT2D eigenvalue weighted by molar-refractivity contribution is 7.90. The smallest absolute Gasteiger partial charge is 0.257 e. The lowest BCUT2D eigenvalue weighted by Crippen LogP contribution is -2.49. The second-order valence-electron chi connectivity index (χ2n) is 8.27. The van der Waals surface area contributed by atoms with Crippen LogP contribution in [0.25, 0.3) is 0 Å². The number of rotatable bonds is 5. The average Bonchev–Trinajstić information content (AvgIpc) is 2.74. The molecule has 1 fully saturated rings. The summed E-state index contributed by atoms with van der Waals surface area (Å²) in [5, 5.41) is 0. The number of aromatic nitrogens is 1. The van der Waals surface area contributed by atoms with Gasteiger partial charge in [-0.1, -0.05) is 0 Å². The SMILES string of the molecule is CC(CC1CCOCC1)N1CN(c2ccc(F)cn2)c2cc(S(C)(=O)=O)ccc2C1=O. The molecule has 1 aromatic heterocycles. The summed E-state index contributed by atoms with van der Waals surface area (Å²) in [4.78, 5) is 21.2. The first kappa shape index (κ1) is 21.7. The maximum atomic E-state index is 13.5. The first-order valence-electron chi connectivity index (χ1n) is 10.4. The molecule has 0 spiro atoms. The third kappa shape index (κ3) is 4.57. The van der Waals surface area contributed by atoms with Crippen molar-refractivity contribution in [2.24, 2.45) is 5.92 Å². The fraction of sp³-hybridized carbons (Fsp3) is 0.455. The van der Waals surface area contributed by atoms with E-state index < -0.39 is 15.7 Å². The molecule has 0 radical (unpaired) electrons. The number of fused-ring (bicyclic) bond motifs is 1. The number of carbonyl (C=O) groups excluding carboxylic acids is 1. The summed E-state index contributed by atoms with van der Waals surface area (Å²) < 4.78 is 43.1. The normalized spacial score (nSPS) is 18.7. The summed E-state index contributed by atoms with van der Waals surface area (Å²) in [6.07, 6.45) is 5.05. The number of pyridine rings is 1. The van der Waals surface area contributed by atoms with Gasteiger partial charge in [0.25, 0.3) is 5.91 Å². The van der Waals surface area contributed by atoms with E-state index in [4.69, 9.17) is 4.74 Å². The van der Waals surface area contributed by atoms with Gasteiger partial charge in [-0.05, 0) is 62.4 Å². The number of benzene rings is 1. The van der Waals surface area contributed by atoms with Crippen molar-refractivity contribution in [3.63, 3.8) is 0 Å². The number of sulfone groups is 1. The first-order valence-corrected chi connectivity index (χ1v) is 12.2. The quantitative estimate of drug-likeness (QED) is 0.699. The third-order valence-corrected chi connectivity index (χ3v) is 7.12. The van der Waals surface area contributed by atoms with Gasteiger partial charge < -0.3 is 14.5 Å². The van der Waals surface area contributed by atoms with E-state index in [9.17, 15) is 17.6 Å². The van der Waals surface area contributed by atoms with Gasteiger partial charge in [0.05, 0.1) is 29.0 Å². The van der Waals surface area contributed by atoms with Gasteiger partial charge in [-0.2, -0.15) is 0 Å². The molecular formula is C22H26FN3O4S. The van der Waals surface area contributed by atoms with Gasteiger partial charge >= 0.3 is 0 Å². The van der Waals surface area contributed by atoms with Crippen molar-refractivity contribution < 1.29 is 22.3 Å². The molecule has 1 amide bonds.